The van der Waals surface area contributed by atoms with Crippen LogP contribution in [0.5, 0.6) is 11.5 Å². The first-order valence-corrected chi connectivity index (χ1v) is 8.12. The second kappa shape index (κ2) is 7.69. The van der Waals surface area contributed by atoms with Gasteiger partial charge in [0.15, 0.2) is 0 Å². The zero-order valence-corrected chi connectivity index (χ0v) is 14.1. The van der Waals surface area contributed by atoms with E-state index in [9.17, 15) is 0 Å². The Bertz CT molecular complexity index is 763. The normalized spacial score (nSPS) is 11.8. The Hall–Kier alpha value is -2.74. The van der Waals surface area contributed by atoms with Crippen LogP contribution in [-0.2, 0) is 6.42 Å². The van der Waals surface area contributed by atoms with Crippen molar-refractivity contribution in [3.8, 4) is 11.5 Å². The van der Waals surface area contributed by atoms with Crippen LogP contribution in [0.1, 0.15) is 22.6 Å². The second-order valence-corrected chi connectivity index (χ2v) is 5.76. The van der Waals surface area contributed by atoms with Crippen LogP contribution in [0.25, 0.3) is 0 Å². The van der Waals surface area contributed by atoms with Crippen molar-refractivity contribution in [2.75, 3.05) is 14.2 Å². The maximum Gasteiger partial charge on any atom is 0.122 e. The quantitative estimate of drug-likeness (QED) is 0.631. The van der Waals surface area contributed by atoms with Gasteiger partial charge in [-0.2, -0.15) is 0 Å². The van der Waals surface area contributed by atoms with E-state index in [0.29, 0.717) is 0 Å². The number of benzene rings is 3. The molecule has 3 aromatic carbocycles. The van der Waals surface area contributed by atoms with Crippen LogP contribution in [0.2, 0.25) is 0 Å². The van der Waals surface area contributed by atoms with Gasteiger partial charge in [-0.1, -0.05) is 60.7 Å². The van der Waals surface area contributed by atoms with Gasteiger partial charge in [0, 0.05) is 11.5 Å². The average Bonchev–Trinajstić information content (AvgIpc) is 2.67. The molecule has 0 aromatic heterocycles. The van der Waals surface area contributed by atoms with Crippen molar-refractivity contribution in [2.24, 2.45) is 0 Å². The fourth-order valence-electron chi connectivity index (χ4n) is 3.05. The first kappa shape index (κ1) is 16.1. The van der Waals surface area contributed by atoms with Gasteiger partial charge >= 0.3 is 0 Å². The molecule has 0 saturated carbocycles. The van der Waals surface area contributed by atoms with Gasteiger partial charge in [-0.25, -0.2) is 0 Å². The summed E-state index contributed by atoms with van der Waals surface area (Å²) in [4.78, 5) is 0. The molecule has 3 rings (SSSR count). The van der Waals surface area contributed by atoms with Gasteiger partial charge in [-0.05, 0) is 35.7 Å². The summed E-state index contributed by atoms with van der Waals surface area (Å²) >= 11 is 0. The van der Waals surface area contributed by atoms with Crippen LogP contribution in [0.15, 0.2) is 78.9 Å². The smallest absolute Gasteiger partial charge is 0.122 e. The van der Waals surface area contributed by atoms with Crippen LogP contribution in [0, 0.1) is 0 Å². The Morgan fingerprint density at radius 2 is 1.38 bits per heavy atom. The number of hydrogen-bond acceptors (Lipinski definition) is 2. The lowest BCUT2D eigenvalue weighted by Crippen LogP contribution is -2.07. The summed E-state index contributed by atoms with van der Waals surface area (Å²) in [7, 11) is 3.42. The van der Waals surface area contributed by atoms with E-state index in [0.717, 1.165) is 17.9 Å². The lowest BCUT2D eigenvalue weighted by atomic mass is 9.85. The van der Waals surface area contributed by atoms with Crippen molar-refractivity contribution in [2.45, 2.75) is 12.3 Å². The van der Waals surface area contributed by atoms with Crippen molar-refractivity contribution in [3.05, 3.63) is 95.6 Å². The van der Waals surface area contributed by atoms with E-state index >= 15 is 0 Å². The van der Waals surface area contributed by atoms with E-state index in [2.05, 4.69) is 54.6 Å². The third-order valence-corrected chi connectivity index (χ3v) is 4.32. The Kier molecular flexibility index (Phi) is 5.17. The summed E-state index contributed by atoms with van der Waals surface area (Å²) < 4.78 is 10.9. The van der Waals surface area contributed by atoms with Gasteiger partial charge in [-0.15, -0.1) is 0 Å². The Balaban J connectivity index is 2.02. The van der Waals surface area contributed by atoms with Crippen molar-refractivity contribution in [1.82, 2.24) is 0 Å². The molecule has 0 bridgehead atoms. The molecule has 0 radical (unpaired) electrons. The maximum atomic E-state index is 5.61. The molecule has 0 fully saturated rings. The van der Waals surface area contributed by atoms with E-state index in [1.165, 1.54) is 16.7 Å². The van der Waals surface area contributed by atoms with Gasteiger partial charge in [0.25, 0.3) is 0 Å². The summed E-state index contributed by atoms with van der Waals surface area (Å²) in [5.41, 5.74) is 3.77. The van der Waals surface area contributed by atoms with E-state index in [1.54, 1.807) is 14.2 Å². The first-order chi connectivity index (χ1) is 11.8. The summed E-state index contributed by atoms with van der Waals surface area (Å²) in [6, 6.07) is 27.1. The summed E-state index contributed by atoms with van der Waals surface area (Å²) in [5, 5.41) is 0. The summed E-state index contributed by atoms with van der Waals surface area (Å²) in [6.07, 6.45) is 0.924. The second-order valence-electron chi connectivity index (χ2n) is 5.76. The Morgan fingerprint density at radius 1 is 0.708 bits per heavy atom. The van der Waals surface area contributed by atoms with Gasteiger partial charge in [0.1, 0.15) is 11.5 Å². The van der Waals surface area contributed by atoms with Gasteiger partial charge < -0.3 is 9.47 Å². The number of methoxy groups -OCH3 is 2. The fraction of sp³-hybridized carbons (Fsp3) is 0.182. The predicted molar refractivity (Wildman–Crippen MR) is 98.0 cm³/mol. The fourth-order valence-corrected chi connectivity index (χ4v) is 3.05. The summed E-state index contributed by atoms with van der Waals surface area (Å²) in [6.45, 7) is 0. The van der Waals surface area contributed by atoms with Gasteiger partial charge in [0.05, 0.1) is 14.2 Å². The standard InChI is InChI=1S/C22H22O2/c1-23-19-14-12-18(13-15-19)21(16-17-8-4-3-5-9-17)20-10-6-7-11-22(20)24-2/h3-15,21H,16H2,1-2H3. The van der Waals surface area contributed by atoms with E-state index in [1.807, 2.05) is 24.3 Å². The van der Waals surface area contributed by atoms with Crippen molar-refractivity contribution in [3.63, 3.8) is 0 Å². The van der Waals surface area contributed by atoms with Crippen LogP contribution in [0.3, 0.4) is 0 Å². The minimum absolute atomic E-state index is 0.231. The predicted octanol–water partition coefficient (Wildman–Crippen LogP) is 5.08. The molecule has 1 unspecified atom stereocenters. The summed E-state index contributed by atoms with van der Waals surface area (Å²) in [5.74, 6) is 2.03. The number of ether oxygens (including phenoxy) is 2. The Morgan fingerprint density at radius 3 is 2.04 bits per heavy atom. The SMILES string of the molecule is COc1ccc(C(Cc2ccccc2)c2ccccc2OC)cc1. The molecule has 0 amide bonds. The molecule has 0 spiro atoms. The maximum absolute atomic E-state index is 5.61. The molecule has 2 nitrogen and oxygen atoms in total. The molecule has 122 valence electrons. The molecule has 24 heavy (non-hydrogen) atoms. The van der Waals surface area contributed by atoms with Crippen molar-refractivity contribution >= 4 is 0 Å². The molecule has 0 aliphatic carbocycles. The van der Waals surface area contributed by atoms with E-state index in [4.69, 9.17) is 9.47 Å². The molecule has 1 atom stereocenters. The molecule has 0 heterocycles. The van der Waals surface area contributed by atoms with Crippen LogP contribution >= 0.6 is 0 Å². The van der Waals surface area contributed by atoms with Crippen LogP contribution in [-0.4, -0.2) is 14.2 Å². The molecule has 0 aliphatic rings. The Labute approximate surface area is 143 Å². The van der Waals surface area contributed by atoms with Crippen molar-refractivity contribution in [1.29, 1.82) is 0 Å². The third kappa shape index (κ3) is 3.60. The molecule has 3 aromatic rings. The number of para-hydroxylation sites is 1. The minimum atomic E-state index is 0.231. The topological polar surface area (TPSA) is 18.5 Å². The third-order valence-electron chi connectivity index (χ3n) is 4.32. The monoisotopic (exact) mass is 318 g/mol. The first-order valence-electron chi connectivity index (χ1n) is 8.12. The molecular formula is C22H22O2. The lowest BCUT2D eigenvalue weighted by Gasteiger charge is -2.21. The largest absolute Gasteiger partial charge is 0.497 e. The van der Waals surface area contributed by atoms with Crippen LogP contribution in [0.4, 0.5) is 0 Å². The zero-order valence-electron chi connectivity index (χ0n) is 14.1. The van der Waals surface area contributed by atoms with E-state index in [-0.39, 0.29) is 5.92 Å². The average molecular weight is 318 g/mol. The highest BCUT2D eigenvalue weighted by atomic mass is 16.5. The lowest BCUT2D eigenvalue weighted by molar-refractivity contribution is 0.407. The van der Waals surface area contributed by atoms with Gasteiger partial charge in [0.2, 0.25) is 0 Å². The molecule has 0 N–H and O–H groups in total. The highest BCUT2D eigenvalue weighted by molar-refractivity contribution is 5.44. The number of rotatable bonds is 6. The highest BCUT2D eigenvalue weighted by Crippen LogP contribution is 2.35. The zero-order chi connectivity index (χ0) is 16.8. The van der Waals surface area contributed by atoms with Crippen LogP contribution < -0.4 is 9.47 Å². The number of hydrogen-bond donors (Lipinski definition) is 0. The minimum Gasteiger partial charge on any atom is -0.497 e. The highest BCUT2D eigenvalue weighted by Gasteiger charge is 2.18. The van der Waals surface area contributed by atoms with E-state index < -0.39 is 0 Å². The molecule has 0 saturated heterocycles. The van der Waals surface area contributed by atoms with Crippen molar-refractivity contribution < 1.29 is 9.47 Å². The van der Waals surface area contributed by atoms with Gasteiger partial charge in [-0.3, -0.25) is 0 Å². The molecule has 2 heteroatoms. The molecule has 0 aliphatic heterocycles. The molecular weight excluding hydrogens is 296 g/mol.